The molecule has 0 rings (SSSR count). The number of rotatable bonds is 7. The van der Waals surface area contributed by atoms with E-state index in [1.54, 1.807) is 0 Å². The standard InChI is InChI=1S/C6H13O9P/c7-1-3(9)5(10)6(11)4(2-8)15-16(12,13)14/h3-5,7-10H,1-2H2,(H2,12,13,14)/t3-,4+,5-/m0/s1. The molecular weight excluding hydrogens is 247 g/mol. The molecule has 6 N–H and O–H groups in total. The predicted molar refractivity (Wildman–Crippen MR) is 48.1 cm³/mol. The number of carbonyl (C=O) groups excluding carboxylic acids is 1. The fraction of sp³-hybridized carbons (Fsp3) is 0.833. The summed E-state index contributed by atoms with van der Waals surface area (Å²) < 4.78 is 14.3. The SMILES string of the molecule is O=C([C@@H](O)[C@@H](O)CO)[C@@H](CO)OP(=O)(O)O. The molecule has 0 heterocycles. The summed E-state index contributed by atoms with van der Waals surface area (Å²) in [7, 11) is -5.01. The van der Waals surface area contributed by atoms with Crippen molar-refractivity contribution in [1.82, 2.24) is 0 Å². The first-order valence-corrected chi connectivity index (χ1v) is 5.61. The maximum absolute atomic E-state index is 11.2. The average Bonchev–Trinajstić information content (AvgIpc) is 2.21. The van der Waals surface area contributed by atoms with Crippen LogP contribution in [0.15, 0.2) is 0 Å². The summed E-state index contributed by atoms with van der Waals surface area (Å²) in [5.74, 6) is -1.34. The lowest BCUT2D eigenvalue weighted by atomic mass is 10.1. The average molecular weight is 260 g/mol. The van der Waals surface area contributed by atoms with Crippen molar-refractivity contribution in [2.45, 2.75) is 18.3 Å². The van der Waals surface area contributed by atoms with E-state index in [0.717, 1.165) is 0 Å². The fourth-order valence-corrected chi connectivity index (χ4v) is 1.32. The number of ketones is 1. The van der Waals surface area contributed by atoms with Gasteiger partial charge in [0, 0.05) is 0 Å². The Morgan fingerprint density at radius 2 is 1.69 bits per heavy atom. The molecule has 0 aromatic rings. The van der Waals surface area contributed by atoms with E-state index in [0.29, 0.717) is 0 Å². The number of phosphoric acid groups is 1. The quantitative estimate of drug-likeness (QED) is 0.258. The predicted octanol–water partition coefficient (Wildman–Crippen LogP) is -3.26. The Morgan fingerprint density at radius 1 is 1.19 bits per heavy atom. The van der Waals surface area contributed by atoms with Crippen LogP contribution in [0.1, 0.15) is 0 Å². The van der Waals surface area contributed by atoms with Crippen LogP contribution < -0.4 is 0 Å². The van der Waals surface area contributed by atoms with Gasteiger partial charge in [-0.25, -0.2) is 4.57 Å². The Morgan fingerprint density at radius 3 is 2.00 bits per heavy atom. The van der Waals surface area contributed by atoms with E-state index < -0.39 is 45.1 Å². The first-order chi connectivity index (χ1) is 7.22. The first kappa shape index (κ1) is 15.6. The van der Waals surface area contributed by atoms with Crippen molar-refractivity contribution >= 4 is 13.6 Å². The Hall–Kier alpha value is -0.380. The molecule has 0 saturated carbocycles. The van der Waals surface area contributed by atoms with Crippen molar-refractivity contribution < 1.29 is 44.1 Å². The van der Waals surface area contributed by atoms with Gasteiger partial charge >= 0.3 is 7.82 Å². The minimum atomic E-state index is -5.01. The highest BCUT2D eigenvalue weighted by molar-refractivity contribution is 7.46. The molecule has 0 radical (unpaired) electrons. The van der Waals surface area contributed by atoms with Gasteiger partial charge in [-0.3, -0.25) is 9.32 Å². The van der Waals surface area contributed by atoms with Crippen LogP contribution in [-0.4, -0.2) is 67.5 Å². The van der Waals surface area contributed by atoms with Crippen molar-refractivity contribution in [2.24, 2.45) is 0 Å². The zero-order valence-electron chi connectivity index (χ0n) is 8.00. The van der Waals surface area contributed by atoms with Gasteiger partial charge in [0.2, 0.25) is 0 Å². The molecule has 0 aromatic heterocycles. The minimum Gasteiger partial charge on any atom is -0.394 e. The first-order valence-electron chi connectivity index (χ1n) is 4.08. The van der Waals surface area contributed by atoms with Crippen LogP contribution in [0.5, 0.6) is 0 Å². The van der Waals surface area contributed by atoms with Crippen molar-refractivity contribution in [3.8, 4) is 0 Å². The third-order valence-corrected chi connectivity index (χ3v) is 2.12. The summed E-state index contributed by atoms with van der Waals surface area (Å²) in [6.45, 7) is -2.01. The third-order valence-electron chi connectivity index (χ3n) is 1.59. The normalized spacial score (nSPS) is 17.9. The highest BCUT2D eigenvalue weighted by Gasteiger charge is 2.34. The number of aliphatic hydroxyl groups is 4. The lowest BCUT2D eigenvalue weighted by Crippen LogP contribution is -2.44. The minimum absolute atomic E-state index is 0.930. The third kappa shape index (κ3) is 5.10. The molecule has 0 aromatic carbocycles. The summed E-state index contributed by atoms with van der Waals surface area (Å²) in [6.07, 6.45) is -5.90. The molecular formula is C6H13O9P. The monoisotopic (exact) mass is 260 g/mol. The second kappa shape index (κ2) is 6.38. The number of aliphatic hydroxyl groups excluding tert-OH is 4. The zero-order valence-corrected chi connectivity index (χ0v) is 8.90. The Labute approximate surface area is 90.2 Å². The molecule has 9 nitrogen and oxygen atoms in total. The topological polar surface area (TPSA) is 165 Å². The maximum Gasteiger partial charge on any atom is 0.470 e. The van der Waals surface area contributed by atoms with Gasteiger partial charge < -0.3 is 30.2 Å². The van der Waals surface area contributed by atoms with E-state index in [1.807, 2.05) is 0 Å². The lowest BCUT2D eigenvalue weighted by molar-refractivity contribution is -0.144. The number of phosphoric ester groups is 1. The fourth-order valence-electron chi connectivity index (χ4n) is 0.821. The van der Waals surface area contributed by atoms with Gasteiger partial charge in [-0.15, -0.1) is 0 Å². The highest BCUT2D eigenvalue weighted by Crippen LogP contribution is 2.37. The largest absolute Gasteiger partial charge is 0.470 e. The van der Waals surface area contributed by atoms with Crippen LogP contribution in [-0.2, 0) is 13.9 Å². The van der Waals surface area contributed by atoms with Crippen LogP contribution in [0.2, 0.25) is 0 Å². The molecule has 0 aliphatic heterocycles. The summed E-state index contributed by atoms with van der Waals surface area (Å²) in [5, 5.41) is 35.0. The van der Waals surface area contributed by atoms with Crippen molar-refractivity contribution in [3.63, 3.8) is 0 Å². The molecule has 0 saturated heterocycles. The van der Waals surface area contributed by atoms with Crippen molar-refractivity contribution in [2.75, 3.05) is 13.2 Å². The number of hydrogen-bond acceptors (Lipinski definition) is 7. The number of hydrogen-bond donors (Lipinski definition) is 6. The molecule has 16 heavy (non-hydrogen) atoms. The van der Waals surface area contributed by atoms with E-state index in [1.165, 1.54) is 0 Å². The Balaban J connectivity index is 4.60. The van der Waals surface area contributed by atoms with E-state index in [2.05, 4.69) is 4.52 Å². The van der Waals surface area contributed by atoms with Crippen LogP contribution in [0.25, 0.3) is 0 Å². The van der Waals surface area contributed by atoms with Crippen LogP contribution in [0.3, 0.4) is 0 Å². The summed E-state index contributed by atoms with van der Waals surface area (Å²) in [6, 6.07) is 0. The van der Waals surface area contributed by atoms with Gasteiger partial charge in [-0.05, 0) is 0 Å². The highest BCUT2D eigenvalue weighted by atomic mass is 31.2. The van der Waals surface area contributed by atoms with Gasteiger partial charge in [-0.1, -0.05) is 0 Å². The summed E-state index contributed by atoms with van der Waals surface area (Å²) in [4.78, 5) is 28.0. The van der Waals surface area contributed by atoms with Gasteiger partial charge in [-0.2, -0.15) is 0 Å². The molecule has 0 fully saturated rings. The Kier molecular flexibility index (Phi) is 6.23. The molecule has 0 unspecified atom stereocenters. The smallest absolute Gasteiger partial charge is 0.394 e. The second-order valence-corrected chi connectivity index (χ2v) is 4.06. The van der Waals surface area contributed by atoms with Gasteiger partial charge in [0.25, 0.3) is 0 Å². The second-order valence-electron chi connectivity index (χ2n) is 2.86. The van der Waals surface area contributed by atoms with Gasteiger partial charge in [0.1, 0.15) is 12.2 Å². The van der Waals surface area contributed by atoms with Gasteiger partial charge in [0.05, 0.1) is 13.2 Å². The molecule has 0 spiro atoms. The van der Waals surface area contributed by atoms with E-state index >= 15 is 0 Å². The molecule has 3 atom stereocenters. The van der Waals surface area contributed by atoms with Crippen LogP contribution in [0, 0.1) is 0 Å². The molecule has 0 aliphatic carbocycles. The van der Waals surface area contributed by atoms with E-state index in [-0.39, 0.29) is 0 Å². The summed E-state index contributed by atoms with van der Waals surface area (Å²) >= 11 is 0. The molecule has 0 aliphatic rings. The number of Topliss-reactive ketones (excluding diaryl/α,β-unsaturated/α-hetero) is 1. The van der Waals surface area contributed by atoms with Crippen LogP contribution in [0.4, 0.5) is 0 Å². The van der Waals surface area contributed by atoms with Crippen LogP contribution >= 0.6 is 7.82 Å². The molecule has 10 heteroatoms. The van der Waals surface area contributed by atoms with Crippen molar-refractivity contribution in [3.05, 3.63) is 0 Å². The van der Waals surface area contributed by atoms with Gasteiger partial charge in [0.15, 0.2) is 11.9 Å². The van der Waals surface area contributed by atoms with E-state index in [4.69, 9.17) is 30.2 Å². The molecule has 0 bridgehead atoms. The molecule has 0 amide bonds. The summed E-state index contributed by atoms with van der Waals surface area (Å²) in [5.41, 5.74) is 0. The maximum atomic E-state index is 11.2. The Bertz CT molecular complexity index is 273. The van der Waals surface area contributed by atoms with Crippen molar-refractivity contribution in [1.29, 1.82) is 0 Å². The van der Waals surface area contributed by atoms with E-state index in [9.17, 15) is 9.36 Å². The zero-order chi connectivity index (χ0) is 12.9. The number of carbonyl (C=O) groups is 1. The molecule has 96 valence electrons. The lowest BCUT2D eigenvalue weighted by Gasteiger charge is -2.20.